The van der Waals surface area contributed by atoms with Crippen LogP contribution in [0.25, 0.3) is 0 Å². The molecule has 1 saturated heterocycles. The van der Waals surface area contributed by atoms with Gasteiger partial charge in [-0.3, -0.25) is 0 Å². The van der Waals surface area contributed by atoms with Gasteiger partial charge in [0.1, 0.15) is 6.61 Å². The predicted molar refractivity (Wildman–Crippen MR) is 72.3 cm³/mol. The number of alkyl carbamates (subject to hydrolysis) is 1. The van der Waals surface area contributed by atoms with Crippen LogP contribution in [0.2, 0.25) is 10.0 Å². The molecule has 1 fully saturated rings. The van der Waals surface area contributed by atoms with Crippen LogP contribution in [0, 0.1) is 0 Å². The van der Waals surface area contributed by atoms with E-state index in [9.17, 15) is 4.79 Å². The fraction of sp³-hybridized carbons (Fsp3) is 0.308. The van der Waals surface area contributed by atoms with Crippen LogP contribution < -0.4 is 5.32 Å². The Morgan fingerprint density at radius 3 is 2.83 bits per heavy atom. The second-order valence-electron chi connectivity index (χ2n) is 4.15. The molecule has 0 unspecified atom stereocenters. The van der Waals surface area contributed by atoms with Crippen molar-refractivity contribution in [3.63, 3.8) is 0 Å². The lowest BCUT2D eigenvalue weighted by Gasteiger charge is -2.21. The van der Waals surface area contributed by atoms with Gasteiger partial charge in [-0.1, -0.05) is 35.3 Å². The van der Waals surface area contributed by atoms with E-state index >= 15 is 0 Å². The van der Waals surface area contributed by atoms with E-state index < -0.39 is 0 Å². The van der Waals surface area contributed by atoms with Crippen LogP contribution in [0.3, 0.4) is 0 Å². The van der Waals surface area contributed by atoms with E-state index in [2.05, 4.69) is 11.9 Å². The van der Waals surface area contributed by atoms with Crippen LogP contribution in [0.15, 0.2) is 30.9 Å². The van der Waals surface area contributed by atoms with Crippen LogP contribution in [0.1, 0.15) is 17.9 Å². The average molecular weight is 286 g/mol. The first-order valence-electron chi connectivity index (χ1n) is 5.61. The Morgan fingerprint density at radius 1 is 1.50 bits per heavy atom. The topological polar surface area (TPSA) is 38.3 Å². The van der Waals surface area contributed by atoms with E-state index in [-0.39, 0.29) is 18.1 Å². The van der Waals surface area contributed by atoms with Gasteiger partial charge in [-0.05, 0) is 24.1 Å². The summed E-state index contributed by atoms with van der Waals surface area (Å²) in [4.78, 5) is 11.1. The van der Waals surface area contributed by atoms with Crippen molar-refractivity contribution in [1.29, 1.82) is 0 Å². The zero-order chi connectivity index (χ0) is 13.1. The first-order chi connectivity index (χ1) is 8.61. The van der Waals surface area contributed by atoms with Crippen molar-refractivity contribution in [2.45, 2.75) is 18.4 Å². The smallest absolute Gasteiger partial charge is 0.407 e. The quantitative estimate of drug-likeness (QED) is 0.856. The second kappa shape index (κ2) is 5.63. The molecule has 1 N–H and O–H groups in total. The highest BCUT2D eigenvalue weighted by Crippen LogP contribution is 2.31. The maximum absolute atomic E-state index is 11.1. The third-order valence-electron chi connectivity index (χ3n) is 2.98. The van der Waals surface area contributed by atoms with Gasteiger partial charge in [-0.2, -0.15) is 0 Å². The van der Waals surface area contributed by atoms with Gasteiger partial charge >= 0.3 is 6.09 Å². The van der Waals surface area contributed by atoms with Crippen molar-refractivity contribution < 1.29 is 9.53 Å². The summed E-state index contributed by atoms with van der Waals surface area (Å²) in [5.74, 6) is 0.0868. The van der Waals surface area contributed by atoms with E-state index in [0.29, 0.717) is 16.7 Å². The first-order valence-corrected chi connectivity index (χ1v) is 6.36. The van der Waals surface area contributed by atoms with Gasteiger partial charge in [0.2, 0.25) is 0 Å². The summed E-state index contributed by atoms with van der Waals surface area (Å²) in [5, 5.41) is 3.81. The van der Waals surface area contributed by atoms with Gasteiger partial charge in [0, 0.05) is 5.92 Å². The summed E-state index contributed by atoms with van der Waals surface area (Å²) < 4.78 is 4.92. The van der Waals surface area contributed by atoms with Gasteiger partial charge in [-0.25, -0.2) is 4.79 Å². The van der Waals surface area contributed by atoms with Gasteiger partial charge in [0.15, 0.2) is 0 Å². The number of ether oxygens (including phenoxy) is 1. The Balaban J connectivity index is 2.25. The van der Waals surface area contributed by atoms with Crippen molar-refractivity contribution in [2.24, 2.45) is 0 Å². The summed E-state index contributed by atoms with van der Waals surface area (Å²) in [5.41, 5.74) is 1.01. The molecule has 1 aliphatic rings. The number of nitrogens with one attached hydrogen (secondary N) is 1. The molecular weight excluding hydrogens is 273 g/mol. The molecule has 2 rings (SSSR count). The van der Waals surface area contributed by atoms with Crippen molar-refractivity contribution in [1.82, 2.24) is 5.32 Å². The van der Waals surface area contributed by atoms with Crippen molar-refractivity contribution in [2.75, 3.05) is 6.61 Å². The zero-order valence-corrected chi connectivity index (χ0v) is 11.2. The molecule has 0 aliphatic carbocycles. The highest BCUT2D eigenvalue weighted by atomic mass is 35.5. The number of rotatable bonds is 4. The van der Waals surface area contributed by atoms with Crippen LogP contribution >= 0.6 is 23.2 Å². The first kappa shape index (κ1) is 13.2. The van der Waals surface area contributed by atoms with Gasteiger partial charge in [-0.15, -0.1) is 6.58 Å². The predicted octanol–water partition coefficient (Wildman–Crippen LogP) is 3.76. The minimum absolute atomic E-state index is 0.0623. The Labute approximate surface area is 116 Å². The summed E-state index contributed by atoms with van der Waals surface area (Å²) in [6.07, 6.45) is 2.17. The molecule has 0 aromatic heterocycles. The number of amides is 1. The molecule has 0 radical (unpaired) electrons. The number of cyclic esters (lactones) is 1. The molecule has 1 heterocycles. The third-order valence-corrected chi connectivity index (χ3v) is 3.71. The Bertz CT molecular complexity index is 476. The number of allylic oxidation sites excluding steroid dienone is 1. The van der Waals surface area contributed by atoms with Gasteiger partial charge in [0.05, 0.1) is 16.1 Å². The largest absolute Gasteiger partial charge is 0.447 e. The monoisotopic (exact) mass is 285 g/mol. The minimum atomic E-state index is -0.380. The Morgan fingerprint density at radius 2 is 2.28 bits per heavy atom. The lowest BCUT2D eigenvalue weighted by molar-refractivity contribution is 0.176. The molecule has 0 spiro atoms. The molecule has 2 atom stereocenters. The maximum atomic E-state index is 11.1. The normalized spacial score (nSPS) is 20.1. The SMILES string of the molecule is C=CC[C@@H](c1ccc(Cl)c(Cl)c1)[C@H]1COC(=O)N1. The molecular formula is C13H13Cl2NO2. The fourth-order valence-electron chi connectivity index (χ4n) is 2.07. The van der Waals surface area contributed by atoms with Crippen molar-refractivity contribution in [3.05, 3.63) is 46.5 Å². The standard InChI is InChI=1S/C13H13Cl2NO2/c1-2-3-9(12-7-18-13(17)16-12)8-4-5-10(14)11(15)6-8/h2,4-6,9,12H,1,3,7H2,(H,16,17)/t9-,12+/m0/s1. The average Bonchev–Trinajstić information content (AvgIpc) is 2.76. The van der Waals surface area contributed by atoms with Crippen molar-refractivity contribution in [3.8, 4) is 0 Å². The molecule has 1 aromatic carbocycles. The van der Waals surface area contributed by atoms with Gasteiger partial charge < -0.3 is 10.1 Å². The van der Waals surface area contributed by atoms with E-state index in [1.54, 1.807) is 6.07 Å². The van der Waals surface area contributed by atoms with E-state index in [1.165, 1.54) is 0 Å². The Kier molecular flexibility index (Phi) is 4.15. The molecule has 96 valence electrons. The van der Waals surface area contributed by atoms with Crippen LogP contribution in [0.5, 0.6) is 0 Å². The van der Waals surface area contributed by atoms with Crippen LogP contribution in [0.4, 0.5) is 4.79 Å². The van der Waals surface area contributed by atoms with Crippen LogP contribution in [-0.2, 0) is 4.74 Å². The Hall–Kier alpha value is -1.19. The maximum Gasteiger partial charge on any atom is 0.407 e. The molecule has 3 nitrogen and oxygen atoms in total. The van der Waals surface area contributed by atoms with E-state index in [1.807, 2.05) is 18.2 Å². The molecule has 1 aliphatic heterocycles. The molecule has 5 heteroatoms. The minimum Gasteiger partial charge on any atom is -0.447 e. The highest BCUT2D eigenvalue weighted by molar-refractivity contribution is 6.42. The number of benzene rings is 1. The molecule has 0 bridgehead atoms. The number of hydrogen-bond donors (Lipinski definition) is 1. The van der Waals surface area contributed by atoms with Gasteiger partial charge in [0.25, 0.3) is 0 Å². The number of carbonyl (C=O) groups excluding carboxylic acids is 1. The summed E-state index contributed by atoms with van der Waals surface area (Å²) in [6, 6.07) is 5.43. The summed E-state index contributed by atoms with van der Waals surface area (Å²) >= 11 is 11.9. The lowest BCUT2D eigenvalue weighted by atomic mass is 9.89. The molecule has 1 amide bonds. The molecule has 1 aromatic rings. The highest BCUT2D eigenvalue weighted by Gasteiger charge is 2.30. The fourth-order valence-corrected chi connectivity index (χ4v) is 2.38. The number of halogens is 2. The van der Waals surface area contributed by atoms with E-state index in [0.717, 1.165) is 12.0 Å². The van der Waals surface area contributed by atoms with Crippen molar-refractivity contribution >= 4 is 29.3 Å². The molecule has 0 saturated carbocycles. The third kappa shape index (κ3) is 2.79. The lowest BCUT2D eigenvalue weighted by Crippen LogP contribution is -2.32. The second-order valence-corrected chi connectivity index (χ2v) is 4.97. The van der Waals surface area contributed by atoms with E-state index in [4.69, 9.17) is 27.9 Å². The molecule has 18 heavy (non-hydrogen) atoms. The summed E-state index contributed by atoms with van der Waals surface area (Å²) in [7, 11) is 0. The number of hydrogen-bond acceptors (Lipinski definition) is 2. The zero-order valence-electron chi connectivity index (χ0n) is 9.66. The summed E-state index contributed by atoms with van der Waals surface area (Å²) in [6.45, 7) is 4.10. The number of carbonyl (C=O) groups is 1. The van der Waals surface area contributed by atoms with Crippen LogP contribution in [-0.4, -0.2) is 18.7 Å².